The monoisotopic (exact) mass is 338 g/mol. The van der Waals surface area contributed by atoms with Gasteiger partial charge in [0, 0.05) is 6.54 Å². The Morgan fingerprint density at radius 3 is 2.70 bits per heavy atom. The van der Waals surface area contributed by atoms with Gasteiger partial charge in [0.15, 0.2) is 9.84 Å². The number of nitrogens with two attached hydrogens (primary N) is 1. The van der Waals surface area contributed by atoms with E-state index in [1.54, 1.807) is 6.92 Å². The predicted molar refractivity (Wildman–Crippen MR) is 78.2 cm³/mol. The van der Waals surface area contributed by atoms with Crippen LogP contribution in [0.3, 0.4) is 0 Å². The van der Waals surface area contributed by atoms with Gasteiger partial charge in [-0.2, -0.15) is 0 Å². The van der Waals surface area contributed by atoms with Crippen molar-refractivity contribution in [2.75, 3.05) is 13.1 Å². The lowest BCUT2D eigenvalue weighted by atomic mass is 9.96. The summed E-state index contributed by atoms with van der Waals surface area (Å²) in [5, 5.41) is 7.79. The summed E-state index contributed by atoms with van der Waals surface area (Å²) in [6.45, 7) is 5.03. The summed E-state index contributed by atoms with van der Waals surface area (Å²) >= 11 is 0.761. The van der Waals surface area contributed by atoms with E-state index in [2.05, 4.69) is 5.32 Å². The molecule has 20 heavy (non-hydrogen) atoms. The second-order valence-corrected chi connectivity index (χ2v) is 10.4. The van der Waals surface area contributed by atoms with Gasteiger partial charge in [-0.25, -0.2) is 22.0 Å². The van der Waals surface area contributed by atoms with Crippen molar-refractivity contribution in [3.63, 3.8) is 0 Å². The van der Waals surface area contributed by atoms with Crippen LogP contribution in [0.5, 0.6) is 0 Å². The summed E-state index contributed by atoms with van der Waals surface area (Å²) in [6, 6.07) is 1.42. The van der Waals surface area contributed by atoms with Crippen LogP contribution in [0.1, 0.15) is 31.7 Å². The standard InChI is InChI=1S/C11H18N2O4S3/c1-3-13-6-8-4-7(2)19(14,15)11-9(8)5-10(18-11)20(12,16)17/h5,7-8,13H,3-4,6H2,1-2H3,(H2,12,16,17)/t7-,8?/m0/s1. The largest absolute Gasteiger partial charge is 0.316 e. The Morgan fingerprint density at radius 2 is 2.15 bits per heavy atom. The van der Waals surface area contributed by atoms with E-state index in [-0.39, 0.29) is 14.3 Å². The molecule has 1 unspecified atom stereocenters. The van der Waals surface area contributed by atoms with Crippen LogP contribution >= 0.6 is 11.3 Å². The number of fused-ring (bicyclic) bond motifs is 1. The van der Waals surface area contributed by atoms with Crippen molar-refractivity contribution < 1.29 is 16.8 Å². The van der Waals surface area contributed by atoms with E-state index in [9.17, 15) is 16.8 Å². The van der Waals surface area contributed by atoms with E-state index in [1.807, 2.05) is 6.92 Å². The molecule has 1 aliphatic rings. The molecular weight excluding hydrogens is 320 g/mol. The molecule has 0 spiro atoms. The van der Waals surface area contributed by atoms with Crippen molar-refractivity contribution >= 4 is 31.2 Å². The lowest BCUT2D eigenvalue weighted by Gasteiger charge is -2.27. The number of sulfonamides is 1. The zero-order chi connectivity index (χ0) is 15.1. The number of nitrogens with one attached hydrogen (secondary N) is 1. The molecule has 0 aromatic carbocycles. The van der Waals surface area contributed by atoms with Crippen molar-refractivity contribution in [1.29, 1.82) is 0 Å². The molecule has 0 fully saturated rings. The number of rotatable bonds is 4. The Bertz CT molecular complexity index is 706. The van der Waals surface area contributed by atoms with Crippen molar-refractivity contribution in [2.45, 2.75) is 39.9 Å². The van der Waals surface area contributed by atoms with E-state index in [4.69, 9.17) is 5.14 Å². The molecular formula is C11H18N2O4S3. The van der Waals surface area contributed by atoms with E-state index in [1.165, 1.54) is 6.07 Å². The van der Waals surface area contributed by atoms with Gasteiger partial charge in [-0.1, -0.05) is 6.92 Å². The fraction of sp³-hybridized carbons (Fsp3) is 0.636. The molecule has 6 nitrogen and oxygen atoms in total. The van der Waals surface area contributed by atoms with Gasteiger partial charge in [0.1, 0.15) is 8.42 Å². The average molecular weight is 338 g/mol. The zero-order valence-electron chi connectivity index (χ0n) is 11.3. The second-order valence-electron chi connectivity index (χ2n) is 4.95. The minimum absolute atomic E-state index is 0.00442. The Morgan fingerprint density at radius 1 is 1.50 bits per heavy atom. The molecule has 1 aromatic rings. The molecule has 0 amide bonds. The summed E-state index contributed by atoms with van der Waals surface area (Å²) in [5.41, 5.74) is 0.582. The summed E-state index contributed by atoms with van der Waals surface area (Å²) < 4.78 is 47.6. The van der Waals surface area contributed by atoms with Crippen LogP contribution in [0, 0.1) is 0 Å². The van der Waals surface area contributed by atoms with Gasteiger partial charge >= 0.3 is 0 Å². The highest BCUT2D eigenvalue weighted by atomic mass is 32.3. The molecule has 9 heteroatoms. The van der Waals surface area contributed by atoms with E-state index in [0.717, 1.165) is 17.9 Å². The molecule has 0 saturated heterocycles. The maximum absolute atomic E-state index is 12.3. The van der Waals surface area contributed by atoms with Gasteiger partial charge in [0.2, 0.25) is 10.0 Å². The summed E-state index contributed by atoms with van der Waals surface area (Å²) in [7, 11) is -7.32. The minimum atomic E-state index is -3.87. The van der Waals surface area contributed by atoms with E-state index >= 15 is 0 Å². The maximum atomic E-state index is 12.3. The van der Waals surface area contributed by atoms with Crippen molar-refractivity contribution in [2.24, 2.45) is 5.14 Å². The highest BCUT2D eigenvalue weighted by Crippen LogP contribution is 2.43. The third-order valence-corrected chi connectivity index (χ3v) is 8.78. The molecule has 0 aliphatic carbocycles. The lowest BCUT2D eigenvalue weighted by Crippen LogP contribution is -2.31. The van der Waals surface area contributed by atoms with Crippen molar-refractivity contribution in [1.82, 2.24) is 5.32 Å². The lowest BCUT2D eigenvalue weighted by molar-refractivity contribution is 0.512. The predicted octanol–water partition coefficient (Wildman–Crippen LogP) is 0.654. The highest BCUT2D eigenvalue weighted by molar-refractivity contribution is 7.95. The molecule has 3 N–H and O–H groups in total. The summed E-state index contributed by atoms with van der Waals surface area (Å²) in [6.07, 6.45) is 0.489. The van der Waals surface area contributed by atoms with Crippen molar-refractivity contribution in [3.05, 3.63) is 11.6 Å². The van der Waals surface area contributed by atoms with Gasteiger partial charge in [-0.3, -0.25) is 0 Å². The fourth-order valence-corrected chi connectivity index (χ4v) is 6.87. The van der Waals surface area contributed by atoms with Crippen LogP contribution in [0.15, 0.2) is 14.5 Å². The summed E-state index contributed by atoms with van der Waals surface area (Å²) in [5.74, 6) is -0.00442. The molecule has 1 aliphatic heterocycles. The molecule has 2 atom stereocenters. The third kappa shape index (κ3) is 2.77. The second kappa shape index (κ2) is 5.38. The number of hydrogen-bond acceptors (Lipinski definition) is 6. The maximum Gasteiger partial charge on any atom is 0.247 e. The van der Waals surface area contributed by atoms with Crippen LogP contribution in [0.2, 0.25) is 0 Å². The minimum Gasteiger partial charge on any atom is -0.316 e. The van der Waals surface area contributed by atoms with Crippen LogP contribution in [-0.4, -0.2) is 35.2 Å². The molecule has 0 radical (unpaired) electrons. The van der Waals surface area contributed by atoms with Gasteiger partial charge in [-0.15, -0.1) is 11.3 Å². The van der Waals surface area contributed by atoms with Gasteiger partial charge < -0.3 is 5.32 Å². The normalized spacial score (nSPS) is 25.4. The molecule has 1 aromatic heterocycles. The number of primary sulfonamides is 1. The Kier molecular flexibility index (Phi) is 4.27. The van der Waals surface area contributed by atoms with E-state index in [0.29, 0.717) is 18.5 Å². The molecule has 114 valence electrons. The number of sulfone groups is 1. The van der Waals surface area contributed by atoms with Crippen LogP contribution in [0.25, 0.3) is 0 Å². The molecule has 0 saturated carbocycles. The third-order valence-electron chi connectivity index (χ3n) is 3.47. The first kappa shape index (κ1) is 15.9. The zero-order valence-corrected chi connectivity index (χ0v) is 13.7. The van der Waals surface area contributed by atoms with Crippen molar-refractivity contribution in [3.8, 4) is 0 Å². The highest BCUT2D eigenvalue weighted by Gasteiger charge is 2.39. The van der Waals surface area contributed by atoms with Gasteiger partial charge in [0.05, 0.1) is 5.25 Å². The van der Waals surface area contributed by atoms with Crippen LogP contribution < -0.4 is 10.5 Å². The van der Waals surface area contributed by atoms with Crippen LogP contribution in [-0.2, 0) is 19.9 Å². The number of hydrogen-bond donors (Lipinski definition) is 2. The smallest absolute Gasteiger partial charge is 0.247 e. The van der Waals surface area contributed by atoms with Gasteiger partial charge in [0.25, 0.3) is 0 Å². The fourth-order valence-electron chi connectivity index (χ4n) is 2.36. The SMILES string of the molecule is CCNCC1C[C@H](C)S(=O)(=O)c2sc(S(N)(=O)=O)cc21. The van der Waals surface area contributed by atoms with Crippen LogP contribution in [0.4, 0.5) is 0 Å². The van der Waals surface area contributed by atoms with E-state index < -0.39 is 25.1 Å². The molecule has 0 bridgehead atoms. The first-order valence-corrected chi connectivity index (χ1v) is 10.2. The Hall–Kier alpha value is -0.480. The Labute approximate surface area is 123 Å². The molecule has 2 rings (SSSR count). The quantitative estimate of drug-likeness (QED) is 0.838. The first-order chi connectivity index (χ1) is 9.17. The topological polar surface area (TPSA) is 106 Å². The number of likely N-dealkylation sites (N-methyl/N-ethyl adjacent to an activating group) is 1. The first-order valence-electron chi connectivity index (χ1n) is 6.29. The summed E-state index contributed by atoms with van der Waals surface area (Å²) in [4.78, 5) is 0. The number of thiophene rings is 1. The molecule has 2 heterocycles. The Balaban J connectivity index is 2.56. The van der Waals surface area contributed by atoms with Gasteiger partial charge in [-0.05, 0) is 37.4 Å². The average Bonchev–Trinajstić information content (AvgIpc) is 2.78.